The predicted octanol–water partition coefficient (Wildman–Crippen LogP) is 10.1. The number of fused-ring (bicyclic) bond motifs is 2. The molecule has 0 unspecified atom stereocenters. The smallest absolute Gasteiger partial charge is 0.136 e. The van der Waals surface area contributed by atoms with E-state index in [9.17, 15) is 5.26 Å². The van der Waals surface area contributed by atoms with Crippen molar-refractivity contribution in [3.63, 3.8) is 0 Å². The summed E-state index contributed by atoms with van der Waals surface area (Å²) in [5.41, 5.74) is 7.40. The molecule has 2 heterocycles. The largest absolute Gasteiger partial charge is 0.456 e. The third-order valence-corrected chi connectivity index (χ3v) is 8.47. The third-order valence-electron chi connectivity index (χ3n) is 8.47. The first-order chi connectivity index (χ1) is 20.2. The monoisotopic (exact) mass is 520 g/mol. The van der Waals surface area contributed by atoms with E-state index in [1.165, 1.54) is 43.4 Å². The lowest BCUT2D eigenvalue weighted by Crippen LogP contribution is -1.98. The summed E-state index contributed by atoms with van der Waals surface area (Å²) in [6, 6.07) is 40.8. The number of pyridine rings is 1. The summed E-state index contributed by atoms with van der Waals surface area (Å²) in [7, 11) is 0. The van der Waals surface area contributed by atoms with Crippen molar-refractivity contribution in [2.45, 2.75) is 0 Å². The van der Waals surface area contributed by atoms with Gasteiger partial charge in [-0.2, -0.15) is 5.26 Å². The van der Waals surface area contributed by atoms with Gasteiger partial charge in [0.05, 0.1) is 11.6 Å². The molecule has 7 aromatic carbocycles. The molecule has 0 aliphatic carbocycles. The quantitative estimate of drug-likeness (QED) is 0.213. The zero-order chi connectivity index (χ0) is 27.1. The van der Waals surface area contributed by atoms with Crippen LogP contribution in [0.3, 0.4) is 0 Å². The van der Waals surface area contributed by atoms with Crippen molar-refractivity contribution >= 4 is 43.1 Å². The molecule has 0 bridgehead atoms. The molecule has 0 spiro atoms. The Labute approximate surface area is 235 Å². The second-order valence-electron chi connectivity index (χ2n) is 10.7. The van der Waals surface area contributed by atoms with Gasteiger partial charge in [0.1, 0.15) is 11.5 Å². The van der Waals surface area contributed by atoms with E-state index in [1.54, 1.807) is 0 Å². The number of aromatic nitrogens is 1. The second-order valence-corrected chi connectivity index (χ2v) is 10.7. The Balaban J connectivity index is 1.22. The van der Waals surface area contributed by atoms with Crippen LogP contribution in [0.2, 0.25) is 0 Å². The fourth-order valence-electron chi connectivity index (χ4n) is 6.61. The highest BCUT2D eigenvalue weighted by Crippen LogP contribution is 2.48. The molecule has 188 valence electrons. The van der Waals surface area contributed by atoms with E-state index >= 15 is 0 Å². The average Bonchev–Trinajstić information content (AvgIpc) is 3.04. The van der Waals surface area contributed by atoms with E-state index in [0.29, 0.717) is 5.56 Å². The van der Waals surface area contributed by atoms with Crippen LogP contribution in [0.25, 0.3) is 76.5 Å². The molecule has 0 saturated carbocycles. The maximum atomic E-state index is 9.67. The van der Waals surface area contributed by atoms with Gasteiger partial charge >= 0.3 is 0 Å². The minimum absolute atomic E-state index is 0.661. The summed E-state index contributed by atoms with van der Waals surface area (Å²) in [5.74, 6) is 1.63. The van der Waals surface area contributed by atoms with Crippen molar-refractivity contribution < 1.29 is 4.74 Å². The van der Waals surface area contributed by atoms with Gasteiger partial charge < -0.3 is 4.74 Å². The van der Waals surface area contributed by atoms with Crippen LogP contribution < -0.4 is 4.74 Å². The van der Waals surface area contributed by atoms with Crippen LogP contribution in [0.1, 0.15) is 5.56 Å². The molecule has 0 atom stereocenters. The lowest BCUT2D eigenvalue weighted by atomic mass is 9.88. The Kier molecular flexibility index (Phi) is 4.40. The molecule has 8 aromatic rings. The number of rotatable bonds is 2. The van der Waals surface area contributed by atoms with E-state index in [1.807, 2.05) is 42.7 Å². The molecule has 3 nitrogen and oxygen atoms in total. The summed E-state index contributed by atoms with van der Waals surface area (Å²) in [5, 5.41) is 19.1. The van der Waals surface area contributed by atoms with Crippen LogP contribution in [-0.2, 0) is 0 Å². The minimum atomic E-state index is 0.661. The minimum Gasteiger partial charge on any atom is -0.456 e. The van der Waals surface area contributed by atoms with Gasteiger partial charge in [-0.05, 0) is 109 Å². The Bertz CT molecular complexity index is 2330. The Morgan fingerprint density at radius 1 is 0.537 bits per heavy atom. The zero-order valence-corrected chi connectivity index (χ0v) is 21.8. The summed E-state index contributed by atoms with van der Waals surface area (Å²) < 4.78 is 6.33. The molecule has 0 radical (unpaired) electrons. The molecule has 0 saturated heterocycles. The maximum absolute atomic E-state index is 9.67. The molecular formula is C38H20N2O. The number of hydrogen-bond acceptors (Lipinski definition) is 3. The van der Waals surface area contributed by atoms with E-state index in [4.69, 9.17) is 4.74 Å². The first kappa shape index (κ1) is 22.1. The number of nitriles is 1. The molecule has 1 aliphatic rings. The van der Waals surface area contributed by atoms with Gasteiger partial charge in [0.15, 0.2) is 0 Å². The van der Waals surface area contributed by atoms with Gasteiger partial charge in [0.25, 0.3) is 0 Å². The maximum Gasteiger partial charge on any atom is 0.136 e. The standard InChI is InChI=1S/C38H20N2O/c39-20-27-11-13-35-38-31(27)4-1-5-32(38)33-19-22(10-12-34(33)41-35)29-15-23-6-8-25-17-30(28-3-2-14-40-21-28)18-26-9-7-24(16-29)36(23)37(25)26/h1-19,21H. The molecule has 0 N–H and O–H groups in total. The zero-order valence-electron chi connectivity index (χ0n) is 21.8. The van der Waals surface area contributed by atoms with E-state index in [-0.39, 0.29) is 0 Å². The lowest BCUT2D eigenvalue weighted by Gasteiger charge is -2.22. The first-order valence-electron chi connectivity index (χ1n) is 13.7. The van der Waals surface area contributed by atoms with Crippen LogP contribution in [0.5, 0.6) is 11.5 Å². The van der Waals surface area contributed by atoms with Gasteiger partial charge in [-0.1, -0.05) is 54.6 Å². The predicted molar refractivity (Wildman–Crippen MR) is 167 cm³/mol. The van der Waals surface area contributed by atoms with E-state index < -0.39 is 0 Å². The van der Waals surface area contributed by atoms with Crippen molar-refractivity contribution in [2.24, 2.45) is 0 Å². The Morgan fingerprint density at radius 2 is 1.22 bits per heavy atom. The fraction of sp³-hybridized carbons (Fsp3) is 0. The highest BCUT2D eigenvalue weighted by molar-refractivity contribution is 6.24. The third kappa shape index (κ3) is 3.16. The molecule has 0 amide bonds. The molecule has 1 aromatic heterocycles. The van der Waals surface area contributed by atoms with Crippen LogP contribution in [0.15, 0.2) is 122 Å². The number of hydrogen-bond donors (Lipinski definition) is 0. The van der Waals surface area contributed by atoms with E-state index in [2.05, 4.69) is 89.9 Å². The normalized spacial score (nSPS) is 12.1. The summed E-state index contributed by atoms with van der Waals surface area (Å²) in [4.78, 5) is 4.31. The van der Waals surface area contributed by atoms with Crippen molar-refractivity contribution in [3.8, 4) is 50.9 Å². The van der Waals surface area contributed by atoms with Gasteiger partial charge in [-0.15, -0.1) is 0 Å². The number of ether oxygens (including phenoxy) is 1. The molecular weight excluding hydrogens is 500 g/mol. The second kappa shape index (κ2) is 8.14. The van der Waals surface area contributed by atoms with Crippen LogP contribution in [0, 0.1) is 11.3 Å². The van der Waals surface area contributed by atoms with Gasteiger partial charge in [0.2, 0.25) is 0 Å². The Morgan fingerprint density at radius 3 is 1.88 bits per heavy atom. The van der Waals surface area contributed by atoms with Crippen molar-refractivity contribution in [1.29, 1.82) is 5.26 Å². The highest BCUT2D eigenvalue weighted by atomic mass is 16.5. The van der Waals surface area contributed by atoms with E-state index in [0.717, 1.165) is 44.5 Å². The highest BCUT2D eigenvalue weighted by Gasteiger charge is 2.22. The van der Waals surface area contributed by atoms with Crippen molar-refractivity contribution in [1.82, 2.24) is 4.98 Å². The first-order valence-corrected chi connectivity index (χ1v) is 13.7. The van der Waals surface area contributed by atoms with Gasteiger partial charge in [-0.25, -0.2) is 0 Å². The SMILES string of the molecule is N#Cc1ccc2c3c(cccc13)-c1cc(-c3cc4ccc5cc(-c6cccnc6)cc6ccc(c3)c4c56)ccc1O2. The molecule has 3 heteroatoms. The molecule has 0 fully saturated rings. The van der Waals surface area contributed by atoms with Crippen molar-refractivity contribution in [2.75, 3.05) is 0 Å². The topological polar surface area (TPSA) is 45.9 Å². The van der Waals surface area contributed by atoms with Crippen molar-refractivity contribution in [3.05, 3.63) is 127 Å². The number of nitrogens with zero attached hydrogens (tertiary/aromatic N) is 2. The van der Waals surface area contributed by atoms with Crippen LogP contribution >= 0.6 is 0 Å². The summed E-state index contributed by atoms with van der Waals surface area (Å²) in [6.45, 7) is 0. The van der Waals surface area contributed by atoms with Gasteiger partial charge in [-0.3, -0.25) is 4.98 Å². The Hall–Kier alpha value is -5.72. The summed E-state index contributed by atoms with van der Waals surface area (Å²) in [6.07, 6.45) is 3.73. The average molecular weight is 521 g/mol. The van der Waals surface area contributed by atoms with Gasteiger partial charge in [0, 0.05) is 34.3 Å². The van der Waals surface area contributed by atoms with Crippen LogP contribution in [-0.4, -0.2) is 4.98 Å². The molecule has 1 aliphatic heterocycles. The van der Waals surface area contributed by atoms with Crippen LogP contribution in [0.4, 0.5) is 0 Å². The summed E-state index contributed by atoms with van der Waals surface area (Å²) >= 11 is 0. The fourth-order valence-corrected chi connectivity index (χ4v) is 6.61. The number of benzene rings is 7. The molecule has 9 rings (SSSR count). The molecule has 41 heavy (non-hydrogen) atoms. The lowest BCUT2D eigenvalue weighted by molar-refractivity contribution is 0.487.